The van der Waals surface area contributed by atoms with Crippen LogP contribution in [0, 0.1) is 11.2 Å². The fourth-order valence-electron chi connectivity index (χ4n) is 2.50. The topological polar surface area (TPSA) is 47.3 Å². The number of methoxy groups -OCH3 is 1. The summed E-state index contributed by atoms with van der Waals surface area (Å²) in [7, 11) is 1.53. The molecule has 0 amide bonds. The highest BCUT2D eigenvalue weighted by atomic mass is 19.1. The van der Waals surface area contributed by atoms with E-state index in [0.717, 1.165) is 13.0 Å². The number of hydrogen-bond acceptors (Lipinski definition) is 3. The molecule has 1 aromatic carbocycles. The second kappa shape index (κ2) is 5.04. The Bertz CT molecular complexity index is 425. The molecule has 0 unspecified atom stereocenters. The average Bonchev–Trinajstić information content (AvgIpc) is 2.30. The molecule has 0 atom stereocenters. The van der Waals surface area contributed by atoms with Gasteiger partial charge in [0.25, 0.3) is 0 Å². The zero-order chi connectivity index (χ0) is 13.2. The van der Waals surface area contributed by atoms with Crippen LogP contribution in [0.3, 0.4) is 0 Å². The quantitative estimate of drug-likeness (QED) is 0.789. The highest BCUT2D eigenvalue weighted by Crippen LogP contribution is 2.44. The third kappa shape index (κ3) is 2.37. The van der Waals surface area contributed by atoms with E-state index in [-0.39, 0.29) is 5.82 Å². The molecule has 0 saturated heterocycles. The van der Waals surface area contributed by atoms with Crippen molar-refractivity contribution in [1.82, 2.24) is 0 Å². The second-order valence-corrected chi connectivity index (χ2v) is 5.13. The van der Waals surface area contributed by atoms with Gasteiger partial charge in [0.15, 0.2) is 0 Å². The Morgan fingerprint density at radius 1 is 1.44 bits per heavy atom. The van der Waals surface area contributed by atoms with Crippen molar-refractivity contribution in [2.45, 2.75) is 32.6 Å². The Morgan fingerprint density at radius 3 is 2.67 bits per heavy atom. The minimum Gasteiger partial charge on any atom is -0.495 e. The van der Waals surface area contributed by atoms with E-state index in [1.165, 1.54) is 32.4 Å². The maximum absolute atomic E-state index is 13.8. The molecule has 0 aromatic heterocycles. The number of nitrogen functional groups attached to an aromatic ring is 1. The van der Waals surface area contributed by atoms with E-state index in [1.807, 2.05) is 0 Å². The Morgan fingerprint density at radius 2 is 2.17 bits per heavy atom. The van der Waals surface area contributed by atoms with E-state index in [2.05, 4.69) is 12.2 Å². The molecular weight excluding hydrogens is 231 g/mol. The van der Waals surface area contributed by atoms with Gasteiger partial charge in [-0.1, -0.05) is 13.3 Å². The summed E-state index contributed by atoms with van der Waals surface area (Å²) in [6, 6.07) is 2.94. The molecule has 3 N–H and O–H groups in total. The van der Waals surface area contributed by atoms with Gasteiger partial charge in [-0.3, -0.25) is 0 Å². The van der Waals surface area contributed by atoms with Crippen LogP contribution in [0.5, 0.6) is 5.75 Å². The summed E-state index contributed by atoms with van der Waals surface area (Å²) in [6.07, 6.45) is 4.87. The fourth-order valence-corrected chi connectivity index (χ4v) is 2.50. The lowest BCUT2D eigenvalue weighted by Crippen LogP contribution is -2.36. The molecule has 4 heteroatoms. The van der Waals surface area contributed by atoms with E-state index in [0.29, 0.717) is 22.5 Å². The standard InChI is InChI=1S/C14H21FN2O/c1-3-14(5-4-6-14)9-17-12-8-13(18-2)11(16)7-10(12)15/h7-8,17H,3-6,9,16H2,1-2H3. The van der Waals surface area contributed by atoms with E-state index < -0.39 is 0 Å². The molecule has 18 heavy (non-hydrogen) atoms. The van der Waals surface area contributed by atoms with Gasteiger partial charge in [-0.05, 0) is 24.7 Å². The van der Waals surface area contributed by atoms with E-state index in [4.69, 9.17) is 10.5 Å². The highest BCUT2D eigenvalue weighted by molar-refractivity contribution is 5.62. The third-order valence-electron chi connectivity index (χ3n) is 4.14. The average molecular weight is 252 g/mol. The summed E-state index contributed by atoms with van der Waals surface area (Å²) in [6.45, 7) is 3.01. The van der Waals surface area contributed by atoms with Crippen molar-refractivity contribution in [3.05, 3.63) is 17.9 Å². The highest BCUT2D eigenvalue weighted by Gasteiger charge is 2.34. The Balaban J connectivity index is 2.09. The second-order valence-electron chi connectivity index (χ2n) is 5.13. The zero-order valence-electron chi connectivity index (χ0n) is 11.1. The van der Waals surface area contributed by atoms with Crippen LogP contribution in [0.25, 0.3) is 0 Å². The molecule has 0 radical (unpaired) electrons. The Labute approximate surface area is 108 Å². The van der Waals surface area contributed by atoms with Crippen LogP contribution in [-0.4, -0.2) is 13.7 Å². The van der Waals surface area contributed by atoms with Gasteiger partial charge in [0.1, 0.15) is 11.6 Å². The molecule has 1 aliphatic carbocycles. The minimum atomic E-state index is -0.320. The first-order valence-electron chi connectivity index (χ1n) is 6.47. The van der Waals surface area contributed by atoms with Gasteiger partial charge in [-0.2, -0.15) is 0 Å². The van der Waals surface area contributed by atoms with Crippen LogP contribution in [0.2, 0.25) is 0 Å². The molecule has 1 aromatic rings. The normalized spacial score (nSPS) is 17.1. The van der Waals surface area contributed by atoms with Crippen molar-refractivity contribution < 1.29 is 9.13 Å². The third-order valence-corrected chi connectivity index (χ3v) is 4.14. The van der Waals surface area contributed by atoms with Crippen molar-refractivity contribution in [2.75, 3.05) is 24.7 Å². The molecule has 0 bridgehead atoms. The summed E-state index contributed by atoms with van der Waals surface area (Å²) >= 11 is 0. The Kier molecular flexibility index (Phi) is 3.64. The largest absolute Gasteiger partial charge is 0.495 e. The van der Waals surface area contributed by atoms with Crippen molar-refractivity contribution in [2.24, 2.45) is 5.41 Å². The fraction of sp³-hybridized carbons (Fsp3) is 0.571. The lowest BCUT2D eigenvalue weighted by molar-refractivity contribution is 0.145. The summed E-state index contributed by atoms with van der Waals surface area (Å²) in [4.78, 5) is 0. The van der Waals surface area contributed by atoms with Crippen molar-refractivity contribution in [3.8, 4) is 5.75 Å². The summed E-state index contributed by atoms with van der Waals surface area (Å²) in [5.41, 5.74) is 6.80. The van der Waals surface area contributed by atoms with Gasteiger partial charge >= 0.3 is 0 Å². The molecule has 1 fully saturated rings. The lowest BCUT2D eigenvalue weighted by atomic mass is 9.67. The SMILES string of the molecule is CCC1(CNc2cc(OC)c(N)cc2F)CCC1. The number of hydrogen-bond donors (Lipinski definition) is 2. The van der Waals surface area contributed by atoms with E-state index in [9.17, 15) is 4.39 Å². The summed E-state index contributed by atoms with van der Waals surface area (Å²) < 4.78 is 18.9. The lowest BCUT2D eigenvalue weighted by Gasteiger charge is -2.41. The molecule has 0 aliphatic heterocycles. The zero-order valence-corrected chi connectivity index (χ0v) is 11.1. The number of halogens is 1. The molecule has 3 nitrogen and oxygen atoms in total. The van der Waals surface area contributed by atoms with Crippen LogP contribution >= 0.6 is 0 Å². The number of nitrogens with two attached hydrogens (primary N) is 1. The van der Waals surface area contributed by atoms with Crippen LogP contribution in [-0.2, 0) is 0 Å². The van der Waals surface area contributed by atoms with Crippen molar-refractivity contribution >= 4 is 11.4 Å². The van der Waals surface area contributed by atoms with Gasteiger partial charge in [-0.15, -0.1) is 0 Å². The maximum Gasteiger partial charge on any atom is 0.148 e. The summed E-state index contributed by atoms with van der Waals surface area (Å²) in [5.74, 6) is 0.192. The molecule has 100 valence electrons. The number of nitrogens with one attached hydrogen (secondary N) is 1. The monoisotopic (exact) mass is 252 g/mol. The number of ether oxygens (including phenoxy) is 1. The van der Waals surface area contributed by atoms with Crippen LogP contribution in [0.1, 0.15) is 32.6 Å². The maximum atomic E-state index is 13.8. The molecule has 1 saturated carbocycles. The Hall–Kier alpha value is -1.45. The number of rotatable bonds is 5. The smallest absolute Gasteiger partial charge is 0.148 e. The van der Waals surface area contributed by atoms with Gasteiger partial charge < -0.3 is 15.8 Å². The van der Waals surface area contributed by atoms with Crippen LogP contribution in [0.4, 0.5) is 15.8 Å². The van der Waals surface area contributed by atoms with Gasteiger partial charge in [-0.25, -0.2) is 4.39 Å². The summed E-state index contributed by atoms with van der Waals surface area (Å²) in [5, 5.41) is 3.20. The van der Waals surface area contributed by atoms with Gasteiger partial charge in [0, 0.05) is 18.7 Å². The van der Waals surface area contributed by atoms with Gasteiger partial charge in [0.2, 0.25) is 0 Å². The first-order valence-corrected chi connectivity index (χ1v) is 6.47. The van der Waals surface area contributed by atoms with Crippen molar-refractivity contribution in [3.63, 3.8) is 0 Å². The predicted octanol–water partition coefficient (Wildman–Crippen LogP) is 3.41. The molecule has 1 aliphatic rings. The van der Waals surface area contributed by atoms with Crippen molar-refractivity contribution in [1.29, 1.82) is 0 Å². The molecular formula is C14H21FN2O. The number of anilines is 2. The molecule has 0 heterocycles. The van der Waals surface area contributed by atoms with Crippen LogP contribution in [0.15, 0.2) is 12.1 Å². The number of benzene rings is 1. The molecule has 2 rings (SSSR count). The van der Waals surface area contributed by atoms with E-state index in [1.54, 1.807) is 6.07 Å². The van der Waals surface area contributed by atoms with E-state index >= 15 is 0 Å². The minimum absolute atomic E-state index is 0.320. The van der Waals surface area contributed by atoms with Crippen LogP contribution < -0.4 is 15.8 Å². The molecule has 0 spiro atoms. The first-order chi connectivity index (χ1) is 8.60. The predicted molar refractivity (Wildman–Crippen MR) is 72.4 cm³/mol. The first kappa shape index (κ1) is 13.0. The van der Waals surface area contributed by atoms with Gasteiger partial charge in [0.05, 0.1) is 18.5 Å².